The minimum absolute atomic E-state index is 0.0467. The molecule has 1 unspecified atom stereocenters. The summed E-state index contributed by atoms with van der Waals surface area (Å²) in [5.41, 5.74) is -0.669. The molecule has 1 aliphatic heterocycles. The van der Waals surface area contributed by atoms with Gasteiger partial charge in [-0.05, 0) is 19.1 Å². The molecule has 0 spiro atoms. The van der Waals surface area contributed by atoms with E-state index >= 15 is 0 Å². The Bertz CT molecular complexity index is 857. The number of fused-ring (bicyclic) bond motifs is 1. The van der Waals surface area contributed by atoms with Gasteiger partial charge in [0.05, 0.1) is 18.8 Å². The zero-order valence-electron chi connectivity index (χ0n) is 11.6. The summed E-state index contributed by atoms with van der Waals surface area (Å²) in [6.07, 6.45) is 1.18. The van der Waals surface area contributed by atoms with Crippen molar-refractivity contribution in [2.45, 2.75) is 16.7 Å². The first kappa shape index (κ1) is 15.1. The van der Waals surface area contributed by atoms with Crippen molar-refractivity contribution in [2.24, 2.45) is 0 Å². The Morgan fingerprint density at radius 3 is 2.82 bits per heavy atom. The zero-order chi connectivity index (χ0) is 16.0. The minimum Gasteiger partial charge on any atom is -0.481 e. The number of rotatable bonds is 3. The molecular weight excluding hydrogens is 328 g/mol. The summed E-state index contributed by atoms with van der Waals surface area (Å²) in [6, 6.07) is 6.69. The molecule has 0 aliphatic carbocycles. The fraction of sp³-hybridized carbons (Fsp3) is 0.308. The molecule has 0 saturated heterocycles. The van der Waals surface area contributed by atoms with Crippen LogP contribution in [0.4, 0.5) is 5.69 Å². The van der Waals surface area contributed by atoms with E-state index < -0.39 is 20.5 Å². The fourth-order valence-electron chi connectivity index (χ4n) is 2.24. The zero-order valence-corrected chi connectivity index (χ0v) is 13.3. The van der Waals surface area contributed by atoms with E-state index in [9.17, 15) is 18.3 Å². The Labute approximate surface area is 130 Å². The highest BCUT2D eigenvalue weighted by Gasteiger charge is 2.41. The number of benzene rings is 1. The predicted molar refractivity (Wildman–Crippen MR) is 82.0 cm³/mol. The van der Waals surface area contributed by atoms with E-state index in [1.807, 2.05) is 0 Å². The highest BCUT2D eigenvalue weighted by atomic mass is 32.2. The number of aliphatic hydroxyl groups excluding tert-OH is 1. The number of thiazole rings is 1. The molecule has 1 aliphatic rings. The number of aromatic amines is 1. The van der Waals surface area contributed by atoms with Gasteiger partial charge in [-0.2, -0.15) is 0 Å². The highest BCUT2D eigenvalue weighted by molar-refractivity contribution is 7.94. The number of nitrogens with zero attached hydrogens (tertiary/aromatic N) is 1. The molecule has 1 aromatic carbocycles. The summed E-state index contributed by atoms with van der Waals surface area (Å²) < 4.78 is 32.4. The molecule has 2 aromatic rings. The summed E-state index contributed by atoms with van der Waals surface area (Å²) in [6.45, 7) is 1.25. The SMILES string of the molecule is CC1(CO)CN(S(=O)(=O)c2c[nH]c(=O)s2)c2ccccc2O1. The van der Waals surface area contributed by atoms with Gasteiger partial charge in [0.2, 0.25) is 0 Å². The van der Waals surface area contributed by atoms with Crippen LogP contribution in [0, 0.1) is 0 Å². The number of anilines is 1. The third-order valence-corrected chi connectivity index (χ3v) is 6.38. The van der Waals surface area contributed by atoms with Crippen LogP contribution in [0.15, 0.2) is 39.5 Å². The first-order valence-corrected chi connectivity index (χ1v) is 8.72. The third-order valence-electron chi connectivity index (χ3n) is 3.35. The molecule has 3 rings (SSSR count). The average molecular weight is 342 g/mol. The van der Waals surface area contributed by atoms with E-state index in [-0.39, 0.29) is 17.4 Å². The van der Waals surface area contributed by atoms with E-state index in [1.54, 1.807) is 31.2 Å². The molecule has 1 atom stereocenters. The Kier molecular flexibility index (Phi) is 3.50. The summed E-state index contributed by atoms with van der Waals surface area (Å²) >= 11 is 0.627. The molecule has 0 fully saturated rings. The number of hydrogen-bond donors (Lipinski definition) is 2. The maximum Gasteiger partial charge on any atom is 0.305 e. The molecule has 22 heavy (non-hydrogen) atoms. The normalized spacial score (nSPS) is 21.3. The maximum atomic E-state index is 12.8. The van der Waals surface area contributed by atoms with Crippen LogP contribution in [0.1, 0.15) is 6.92 Å². The summed E-state index contributed by atoms with van der Waals surface area (Å²) in [4.78, 5) is 13.2. The van der Waals surface area contributed by atoms with Gasteiger partial charge in [0.15, 0.2) is 4.21 Å². The van der Waals surface area contributed by atoms with E-state index in [0.717, 1.165) is 0 Å². The van der Waals surface area contributed by atoms with Crippen LogP contribution in [0.3, 0.4) is 0 Å². The lowest BCUT2D eigenvalue weighted by Crippen LogP contribution is -2.53. The molecule has 0 amide bonds. The van der Waals surface area contributed by atoms with Gasteiger partial charge in [-0.25, -0.2) is 8.42 Å². The van der Waals surface area contributed by atoms with Gasteiger partial charge in [-0.1, -0.05) is 23.5 Å². The van der Waals surface area contributed by atoms with Crippen LogP contribution in [0.5, 0.6) is 5.75 Å². The molecule has 1 aromatic heterocycles. The van der Waals surface area contributed by atoms with E-state index in [2.05, 4.69) is 4.98 Å². The van der Waals surface area contributed by atoms with Crippen molar-refractivity contribution in [3.8, 4) is 5.75 Å². The van der Waals surface area contributed by atoms with Gasteiger partial charge >= 0.3 is 4.87 Å². The Morgan fingerprint density at radius 1 is 1.45 bits per heavy atom. The number of nitrogens with one attached hydrogen (secondary N) is 1. The largest absolute Gasteiger partial charge is 0.481 e. The van der Waals surface area contributed by atoms with Crippen LogP contribution in [-0.4, -0.2) is 37.3 Å². The van der Waals surface area contributed by atoms with Crippen LogP contribution in [0.25, 0.3) is 0 Å². The van der Waals surface area contributed by atoms with Gasteiger partial charge in [0.25, 0.3) is 10.0 Å². The fourth-order valence-corrected chi connectivity index (χ4v) is 4.85. The third kappa shape index (κ3) is 2.40. The molecule has 2 heterocycles. The topological polar surface area (TPSA) is 99.7 Å². The van der Waals surface area contributed by atoms with Crippen LogP contribution in [-0.2, 0) is 10.0 Å². The molecule has 2 N–H and O–H groups in total. The van der Waals surface area contributed by atoms with Crippen molar-refractivity contribution >= 4 is 27.0 Å². The second-order valence-electron chi connectivity index (χ2n) is 5.19. The molecule has 0 radical (unpaired) electrons. The number of para-hydroxylation sites is 2. The molecule has 9 heteroatoms. The lowest BCUT2D eigenvalue weighted by Gasteiger charge is -2.40. The van der Waals surface area contributed by atoms with Crippen LogP contribution < -0.4 is 13.9 Å². The van der Waals surface area contributed by atoms with Crippen molar-refractivity contribution in [1.82, 2.24) is 4.98 Å². The van der Waals surface area contributed by atoms with E-state index in [1.165, 1.54) is 10.5 Å². The summed E-state index contributed by atoms with van der Waals surface area (Å²) in [7, 11) is -3.91. The van der Waals surface area contributed by atoms with Crippen molar-refractivity contribution in [1.29, 1.82) is 0 Å². The molecule has 0 bridgehead atoms. The Hall–Kier alpha value is -1.84. The monoisotopic (exact) mass is 342 g/mol. The van der Waals surface area contributed by atoms with Crippen LogP contribution in [0.2, 0.25) is 0 Å². The first-order valence-electron chi connectivity index (χ1n) is 6.46. The lowest BCUT2D eigenvalue weighted by molar-refractivity contribution is 0.0274. The number of sulfonamides is 1. The molecule has 118 valence electrons. The van der Waals surface area contributed by atoms with Gasteiger partial charge in [0.1, 0.15) is 11.4 Å². The predicted octanol–water partition coefficient (Wildman–Crippen LogP) is 0.775. The first-order chi connectivity index (χ1) is 10.4. The Balaban J connectivity index is 2.15. The number of aliphatic hydroxyl groups is 1. The van der Waals surface area contributed by atoms with Crippen molar-refractivity contribution < 1.29 is 18.3 Å². The summed E-state index contributed by atoms with van der Waals surface area (Å²) in [5, 5.41) is 9.53. The number of hydrogen-bond acceptors (Lipinski definition) is 6. The van der Waals surface area contributed by atoms with Crippen molar-refractivity contribution in [2.75, 3.05) is 17.5 Å². The van der Waals surface area contributed by atoms with Crippen LogP contribution >= 0.6 is 11.3 Å². The van der Waals surface area contributed by atoms with E-state index in [0.29, 0.717) is 22.8 Å². The summed E-state index contributed by atoms with van der Waals surface area (Å²) in [5.74, 6) is 0.372. The van der Waals surface area contributed by atoms with Gasteiger partial charge in [-0.15, -0.1) is 0 Å². The number of aromatic nitrogens is 1. The highest BCUT2D eigenvalue weighted by Crippen LogP contribution is 2.39. The van der Waals surface area contributed by atoms with Crippen molar-refractivity contribution in [3.05, 3.63) is 40.1 Å². The van der Waals surface area contributed by atoms with E-state index in [4.69, 9.17) is 4.74 Å². The van der Waals surface area contributed by atoms with Crippen molar-refractivity contribution in [3.63, 3.8) is 0 Å². The smallest absolute Gasteiger partial charge is 0.305 e. The molecular formula is C13H14N2O5S2. The maximum absolute atomic E-state index is 12.8. The Morgan fingerprint density at radius 2 is 2.18 bits per heavy atom. The number of H-pyrrole nitrogens is 1. The van der Waals surface area contributed by atoms with Gasteiger partial charge < -0.3 is 14.8 Å². The standard InChI is InChI=1S/C13H14N2O5S2/c1-13(8-16)7-15(9-4-2-3-5-10(9)20-13)22(18,19)11-6-14-12(17)21-11/h2-6,16H,7-8H2,1H3,(H,14,17). The second-order valence-corrected chi connectivity index (χ2v) is 8.29. The quantitative estimate of drug-likeness (QED) is 0.858. The molecule has 0 saturated carbocycles. The molecule has 7 nitrogen and oxygen atoms in total. The lowest BCUT2D eigenvalue weighted by atomic mass is 10.1. The van der Waals surface area contributed by atoms with Gasteiger partial charge in [-0.3, -0.25) is 9.10 Å². The van der Waals surface area contributed by atoms with Gasteiger partial charge in [0, 0.05) is 6.20 Å². The second kappa shape index (κ2) is 5.11. The average Bonchev–Trinajstić information content (AvgIpc) is 2.94. The minimum atomic E-state index is -3.91. The number of ether oxygens (including phenoxy) is 1.